The molecular weight excluding hydrogens is 186 g/mol. The summed E-state index contributed by atoms with van der Waals surface area (Å²) in [6.45, 7) is 6.71. The first-order valence-electron chi connectivity index (χ1n) is 4.40. The molecule has 0 aliphatic heterocycles. The van der Waals surface area contributed by atoms with E-state index in [2.05, 4.69) is 0 Å². The van der Waals surface area contributed by atoms with E-state index in [1.54, 1.807) is 21.3 Å². The van der Waals surface area contributed by atoms with Crippen molar-refractivity contribution in [2.45, 2.75) is 26.3 Å². The smallest absolute Gasteiger partial charge is 0.377 e. The van der Waals surface area contributed by atoms with E-state index in [1.165, 1.54) is 0 Å². The van der Waals surface area contributed by atoms with Crippen molar-refractivity contribution in [2.75, 3.05) is 27.9 Å². The maximum atomic E-state index is 5.19. The lowest BCUT2D eigenvalue weighted by Crippen LogP contribution is -2.45. The molecule has 0 heterocycles. The molecule has 0 unspecified atom stereocenters. The molecular formula is C8H23NO3Si. The Kier molecular flexibility index (Phi) is 10.3. The molecule has 0 bridgehead atoms. The quantitative estimate of drug-likeness (QED) is 0.708. The molecule has 0 amide bonds. The summed E-state index contributed by atoms with van der Waals surface area (Å²) in [6.07, 6.45) is 0. The number of hydrogen-bond acceptors (Lipinski definition) is 4. The minimum Gasteiger partial charge on any atom is -0.377 e. The van der Waals surface area contributed by atoms with Crippen LogP contribution < -0.4 is 5.73 Å². The van der Waals surface area contributed by atoms with Gasteiger partial charge < -0.3 is 19.0 Å². The molecule has 0 rings (SSSR count). The molecule has 2 N–H and O–H groups in total. The summed E-state index contributed by atoms with van der Waals surface area (Å²) in [5.74, 6) is 0. The summed E-state index contributed by atoms with van der Waals surface area (Å²) in [4.78, 5) is 0. The van der Waals surface area contributed by atoms with Gasteiger partial charge in [-0.05, 0) is 6.54 Å². The van der Waals surface area contributed by atoms with E-state index >= 15 is 0 Å². The maximum Gasteiger partial charge on any atom is 0.502 e. The molecule has 0 saturated heterocycles. The van der Waals surface area contributed by atoms with E-state index < -0.39 is 8.80 Å². The molecule has 0 aromatic rings. The zero-order valence-corrected chi connectivity index (χ0v) is 10.6. The van der Waals surface area contributed by atoms with Crippen molar-refractivity contribution in [1.82, 2.24) is 0 Å². The molecule has 0 saturated carbocycles. The van der Waals surface area contributed by atoms with Gasteiger partial charge in [-0.25, -0.2) is 0 Å². The molecule has 5 heteroatoms. The van der Waals surface area contributed by atoms with Crippen LogP contribution in [0.3, 0.4) is 0 Å². The first-order valence-corrected chi connectivity index (χ1v) is 6.20. The highest BCUT2D eigenvalue weighted by molar-refractivity contribution is 6.62. The van der Waals surface area contributed by atoms with Gasteiger partial charge in [0.1, 0.15) is 0 Å². The van der Waals surface area contributed by atoms with Crippen molar-refractivity contribution < 1.29 is 13.3 Å². The lowest BCUT2D eigenvalue weighted by atomic mass is 10.6. The van der Waals surface area contributed by atoms with Gasteiger partial charge in [0.2, 0.25) is 0 Å². The van der Waals surface area contributed by atoms with E-state index in [4.69, 9.17) is 19.0 Å². The topological polar surface area (TPSA) is 53.7 Å². The predicted molar refractivity (Wildman–Crippen MR) is 56.6 cm³/mol. The van der Waals surface area contributed by atoms with Gasteiger partial charge in [0.25, 0.3) is 0 Å². The monoisotopic (exact) mass is 209 g/mol. The molecule has 0 aliphatic carbocycles. The van der Waals surface area contributed by atoms with Crippen LogP contribution in [0.25, 0.3) is 0 Å². The number of nitrogens with two attached hydrogens (primary N) is 1. The summed E-state index contributed by atoms with van der Waals surface area (Å²) in [5.41, 5.74) is 5.16. The standard InChI is InChI=1S/C6H16O3Si.C2H7N/c1-6(2)10(7-3,8-4)9-5;1-2-3/h6H,1-5H3;2-3H2,1H3. The van der Waals surface area contributed by atoms with Crippen LogP contribution in [-0.2, 0) is 13.3 Å². The Labute approximate surface area is 82.7 Å². The second-order valence-corrected chi connectivity index (χ2v) is 6.37. The van der Waals surface area contributed by atoms with Crippen LogP contribution in [-0.4, -0.2) is 36.7 Å². The Balaban J connectivity index is 0. The SMILES string of the molecule is CCN.CO[Si](OC)(OC)C(C)C. The zero-order valence-electron chi connectivity index (χ0n) is 9.59. The van der Waals surface area contributed by atoms with Crippen LogP contribution in [0.2, 0.25) is 5.54 Å². The highest BCUT2D eigenvalue weighted by Crippen LogP contribution is 2.21. The average molecular weight is 209 g/mol. The largest absolute Gasteiger partial charge is 0.502 e. The van der Waals surface area contributed by atoms with Crippen LogP contribution in [0.1, 0.15) is 20.8 Å². The minimum atomic E-state index is -2.29. The van der Waals surface area contributed by atoms with Crippen LogP contribution >= 0.6 is 0 Å². The number of hydrogen-bond donors (Lipinski definition) is 1. The van der Waals surface area contributed by atoms with Crippen LogP contribution in [0.15, 0.2) is 0 Å². The van der Waals surface area contributed by atoms with Gasteiger partial charge in [0.15, 0.2) is 0 Å². The highest BCUT2D eigenvalue weighted by Gasteiger charge is 2.41. The lowest BCUT2D eigenvalue weighted by molar-refractivity contribution is 0.115. The predicted octanol–water partition coefficient (Wildman–Crippen LogP) is 1.24. The first-order chi connectivity index (χ1) is 6.04. The second-order valence-electron chi connectivity index (χ2n) is 2.78. The third-order valence-corrected chi connectivity index (χ3v) is 4.68. The number of rotatable bonds is 4. The fourth-order valence-electron chi connectivity index (χ4n) is 0.957. The van der Waals surface area contributed by atoms with Crippen molar-refractivity contribution in [3.8, 4) is 0 Å². The van der Waals surface area contributed by atoms with Gasteiger partial charge in [-0.3, -0.25) is 0 Å². The van der Waals surface area contributed by atoms with Crippen LogP contribution in [0, 0.1) is 0 Å². The van der Waals surface area contributed by atoms with E-state index in [0.29, 0.717) is 5.54 Å². The Morgan fingerprint density at radius 3 is 1.31 bits per heavy atom. The van der Waals surface area contributed by atoms with Crippen molar-refractivity contribution in [3.05, 3.63) is 0 Å². The summed E-state index contributed by atoms with van der Waals surface area (Å²) < 4.78 is 15.6. The van der Waals surface area contributed by atoms with E-state index in [0.717, 1.165) is 6.54 Å². The Hall–Kier alpha value is 0.0569. The normalized spacial score (nSPS) is 11.1. The Morgan fingerprint density at radius 1 is 1.08 bits per heavy atom. The molecule has 82 valence electrons. The second kappa shape index (κ2) is 8.65. The summed E-state index contributed by atoms with van der Waals surface area (Å²) in [5, 5.41) is 0. The van der Waals surface area contributed by atoms with Crippen LogP contribution in [0.4, 0.5) is 0 Å². The molecule has 0 aromatic heterocycles. The molecule has 0 aliphatic rings. The van der Waals surface area contributed by atoms with Crippen molar-refractivity contribution in [2.24, 2.45) is 5.73 Å². The third kappa shape index (κ3) is 5.38. The highest BCUT2D eigenvalue weighted by atomic mass is 28.4. The van der Waals surface area contributed by atoms with E-state index in [9.17, 15) is 0 Å². The molecule has 0 aromatic carbocycles. The Morgan fingerprint density at radius 2 is 1.31 bits per heavy atom. The summed E-state index contributed by atoms with van der Waals surface area (Å²) in [6, 6.07) is 0. The first kappa shape index (κ1) is 15.5. The molecule has 0 atom stereocenters. The lowest BCUT2D eigenvalue weighted by Gasteiger charge is -2.27. The van der Waals surface area contributed by atoms with Crippen molar-refractivity contribution in [1.29, 1.82) is 0 Å². The van der Waals surface area contributed by atoms with E-state index in [1.807, 2.05) is 20.8 Å². The fraction of sp³-hybridized carbons (Fsp3) is 1.00. The fourth-order valence-corrected chi connectivity index (χ4v) is 2.87. The van der Waals surface area contributed by atoms with Gasteiger partial charge in [-0.1, -0.05) is 20.8 Å². The van der Waals surface area contributed by atoms with Gasteiger partial charge >= 0.3 is 8.80 Å². The van der Waals surface area contributed by atoms with E-state index in [-0.39, 0.29) is 0 Å². The molecule has 4 nitrogen and oxygen atoms in total. The zero-order chi connectivity index (χ0) is 10.9. The van der Waals surface area contributed by atoms with Gasteiger partial charge in [0.05, 0.1) is 0 Å². The minimum absolute atomic E-state index is 0.312. The molecule has 0 fully saturated rings. The van der Waals surface area contributed by atoms with Crippen molar-refractivity contribution in [3.63, 3.8) is 0 Å². The van der Waals surface area contributed by atoms with Gasteiger partial charge in [-0.2, -0.15) is 0 Å². The summed E-state index contributed by atoms with van der Waals surface area (Å²) in [7, 11) is 2.58. The average Bonchev–Trinajstić information content (AvgIpc) is 2.09. The van der Waals surface area contributed by atoms with Crippen LogP contribution in [0.5, 0.6) is 0 Å². The maximum absolute atomic E-state index is 5.19. The van der Waals surface area contributed by atoms with Gasteiger partial charge in [-0.15, -0.1) is 0 Å². The van der Waals surface area contributed by atoms with Gasteiger partial charge in [0, 0.05) is 26.9 Å². The van der Waals surface area contributed by atoms with Crippen molar-refractivity contribution >= 4 is 8.80 Å². The molecule has 13 heavy (non-hydrogen) atoms. The third-order valence-electron chi connectivity index (χ3n) is 1.56. The summed E-state index contributed by atoms with van der Waals surface area (Å²) >= 11 is 0. The molecule has 0 spiro atoms. The Bertz CT molecular complexity index is 99.3. The molecule has 0 radical (unpaired) electrons.